The lowest BCUT2D eigenvalue weighted by Crippen LogP contribution is -2.19. The van der Waals surface area contributed by atoms with E-state index in [1.807, 2.05) is 0 Å². The summed E-state index contributed by atoms with van der Waals surface area (Å²) >= 11 is 0. The van der Waals surface area contributed by atoms with Crippen LogP contribution in [0, 0.1) is 0 Å². The number of carbonyl (C=O) groups is 2. The molecule has 0 aromatic carbocycles. The maximum atomic E-state index is 10.7. The van der Waals surface area contributed by atoms with Crippen LogP contribution in [0.15, 0.2) is 11.0 Å². The average molecular weight is 197 g/mol. The van der Waals surface area contributed by atoms with Crippen LogP contribution in [0.4, 0.5) is 5.82 Å². The Hall–Kier alpha value is -2.18. The zero-order valence-electron chi connectivity index (χ0n) is 7.20. The van der Waals surface area contributed by atoms with Crippen molar-refractivity contribution in [3.05, 3.63) is 22.2 Å². The van der Waals surface area contributed by atoms with Gasteiger partial charge in [-0.05, 0) is 0 Å². The number of hydrogen-bond acceptors (Lipinski definition) is 4. The number of amides is 1. The number of anilines is 1. The largest absolute Gasteiger partial charge is 0.478 e. The zero-order valence-corrected chi connectivity index (χ0v) is 7.20. The van der Waals surface area contributed by atoms with Crippen molar-refractivity contribution in [3.63, 3.8) is 0 Å². The monoisotopic (exact) mass is 197 g/mol. The Morgan fingerprint density at radius 2 is 2.21 bits per heavy atom. The third-order valence-electron chi connectivity index (χ3n) is 1.34. The highest BCUT2D eigenvalue weighted by Crippen LogP contribution is 2.07. The van der Waals surface area contributed by atoms with Crippen LogP contribution in [0.25, 0.3) is 0 Å². The average Bonchev–Trinajstić information content (AvgIpc) is 2.01. The van der Waals surface area contributed by atoms with E-state index in [1.54, 1.807) is 0 Å². The molecule has 0 saturated heterocycles. The van der Waals surface area contributed by atoms with Gasteiger partial charge in [-0.25, -0.2) is 14.6 Å². The second kappa shape index (κ2) is 3.69. The summed E-state index contributed by atoms with van der Waals surface area (Å²) in [6.45, 7) is 1.20. The lowest BCUT2D eigenvalue weighted by Gasteiger charge is -2.03. The molecular formula is C7H7N3O4. The van der Waals surface area contributed by atoms with E-state index in [0.29, 0.717) is 0 Å². The molecule has 14 heavy (non-hydrogen) atoms. The Bertz CT molecular complexity index is 437. The molecule has 1 aromatic rings. The van der Waals surface area contributed by atoms with Crippen LogP contribution in [-0.2, 0) is 4.79 Å². The number of rotatable bonds is 2. The first-order valence-electron chi connectivity index (χ1n) is 3.61. The molecule has 0 radical (unpaired) electrons. The SMILES string of the molecule is CC(=O)Nc1[nH]c(=O)ncc1C(=O)O. The summed E-state index contributed by atoms with van der Waals surface area (Å²) in [5.74, 6) is -1.92. The van der Waals surface area contributed by atoms with E-state index in [9.17, 15) is 14.4 Å². The smallest absolute Gasteiger partial charge is 0.346 e. The quantitative estimate of drug-likeness (QED) is 0.587. The number of nitrogens with one attached hydrogen (secondary N) is 2. The van der Waals surface area contributed by atoms with Gasteiger partial charge in [-0.2, -0.15) is 0 Å². The van der Waals surface area contributed by atoms with E-state index < -0.39 is 17.6 Å². The normalized spacial score (nSPS) is 9.50. The molecule has 0 aliphatic heterocycles. The van der Waals surface area contributed by atoms with Crippen molar-refractivity contribution in [3.8, 4) is 0 Å². The lowest BCUT2D eigenvalue weighted by atomic mass is 10.3. The molecule has 1 amide bonds. The van der Waals surface area contributed by atoms with E-state index in [1.165, 1.54) is 6.92 Å². The first-order valence-corrected chi connectivity index (χ1v) is 3.61. The maximum absolute atomic E-state index is 10.7. The maximum Gasteiger partial charge on any atom is 0.346 e. The van der Waals surface area contributed by atoms with Gasteiger partial charge in [-0.1, -0.05) is 0 Å². The summed E-state index contributed by atoms with van der Waals surface area (Å²) in [7, 11) is 0. The highest BCUT2D eigenvalue weighted by molar-refractivity contribution is 5.98. The number of H-pyrrole nitrogens is 1. The third kappa shape index (κ3) is 2.16. The summed E-state index contributed by atoms with van der Waals surface area (Å²) in [5.41, 5.74) is -0.987. The van der Waals surface area contributed by atoms with E-state index in [-0.39, 0.29) is 11.4 Å². The predicted octanol–water partition coefficient (Wildman–Crippen LogP) is -0.574. The molecule has 3 N–H and O–H groups in total. The standard InChI is InChI=1S/C7H7N3O4/c1-3(11)9-5-4(6(12)13)2-8-7(14)10-5/h2H,1H3,(H,12,13)(H2,8,9,10,11,14). The molecule has 0 bridgehead atoms. The van der Waals surface area contributed by atoms with Crippen LogP contribution >= 0.6 is 0 Å². The first kappa shape index (κ1) is 9.90. The summed E-state index contributed by atoms with van der Waals surface area (Å²) in [6, 6.07) is 0. The molecule has 1 aromatic heterocycles. The zero-order chi connectivity index (χ0) is 10.7. The molecule has 1 rings (SSSR count). The number of hydrogen-bond donors (Lipinski definition) is 3. The summed E-state index contributed by atoms with van der Waals surface area (Å²) < 4.78 is 0. The van der Waals surface area contributed by atoms with E-state index in [4.69, 9.17) is 5.11 Å². The predicted molar refractivity (Wildman–Crippen MR) is 46.1 cm³/mol. The highest BCUT2D eigenvalue weighted by Gasteiger charge is 2.12. The Labute approximate surface area is 77.8 Å². The molecule has 7 nitrogen and oxygen atoms in total. The van der Waals surface area contributed by atoms with Crippen LogP contribution in [0.2, 0.25) is 0 Å². The molecule has 0 fully saturated rings. The number of carbonyl (C=O) groups excluding carboxylic acids is 1. The van der Waals surface area contributed by atoms with Crippen molar-refractivity contribution in [1.82, 2.24) is 9.97 Å². The molecule has 0 aliphatic carbocycles. The van der Waals surface area contributed by atoms with Crippen molar-refractivity contribution in [1.29, 1.82) is 0 Å². The Morgan fingerprint density at radius 1 is 1.57 bits per heavy atom. The van der Waals surface area contributed by atoms with Crippen LogP contribution in [0.5, 0.6) is 0 Å². The number of aromatic amines is 1. The highest BCUT2D eigenvalue weighted by atomic mass is 16.4. The lowest BCUT2D eigenvalue weighted by molar-refractivity contribution is -0.114. The topological polar surface area (TPSA) is 112 Å². The summed E-state index contributed by atoms with van der Waals surface area (Å²) in [5, 5.41) is 10.8. The van der Waals surface area contributed by atoms with E-state index in [2.05, 4.69) is 15.3 Å². The first-order chi connectivity index (χ1) is 6.50. The number of aromatic carboxylic acids is 1. The number of aromatic nitrogens is 2. The van der Waals surface area contributed by atoms with Crippen molar-refractivity contribution < 1.29 is 14.7 Å². The third-order valence-corrected chi connectivity index (χ3v) is 1.34. The van der Waals surface area contributed by atoms with Gasteiger partial charge in [0, 0.05) is 6.92 Å². The van der Waals surface area contributed by atoms with Gasteiger partial charge in [0.1, 0.15) is 11.4 Å². The number of carboxylic acids is 1. The number of nitrogens with zero attached hydrogens (tertiary/aromatic N) is 1. The Morgan fingerprint density at radius 3 is 2.71 bits per heavy atom. The van der Waals surface area contributed by atoms with Crippen LogP contribution in [0.3, 0.4) is 0 Å². The van der Waals surface area contributed by atoms with Crippen LogP contribution in [0.1, 0.15) is 17.3 Å². The fourth-order valence-corrected chi connectivity index (χ4v) is 0.831. The van der Waals surface area contributed by atoms with Gasteiger partial charge in [0.25, 0.3) is 0 Å². The van der Waals surface area contributed by atoms with Gasteiger partial charge in [0.15, 0.2) is 0 Å². The molecule has 0 aliphatic rings. The van der Waals surface area contributed by atoms with Gasteiger partial charge < -0.3 is 10.4 Å². The van der Waals surface area contributed by atoms with Crippen molar-refractivity contribution in [2.45, 2.75) is 6.92 Å². The van der Waals surface area contributed by atoms with E-state index in [0.717, 1.165) is 6.20 Å². The number of carboxylic acid groups (broad SMARTS) is 1. The molecular weight excluding hydrogens is 190 g/mol. The summed E-state index contributed by atoms with van der Waals surface area (Å²) in [6.07, 6.45) is 0.881. The Kier molecular flexibility index (Phi) is 2.61. The van der Waals surface area contributed by atoms with Gasteiger partial charge in [0.2, 0.25) is 5.91 Å². The van der Waals surface area contributed by atoms with Gasteiger partial charge in [0.05, 0.1) is 6.20 Å². The van der Waals surface area contributed by atoms with Gasteiger partial charge in [-0.15, -0.1) is 0 Å². The van der Waals surface area contributed by atoms with Crippen LogP contribution in [-0.4, -0.2) is 27.0 Å². The fourth-order valence-electron chi connectivity index (χ4n) is 0.831. The molecule has 0 spiro atoms. The molecule has 7 heteroatoms. The van der Waals surface area contributed by atoms with Crippen LogP contribution < -0.4 is 11.0 Å². The van der Waals surface area contributed by atoms with Crippen molar-refractivity contribution in [2.24, 2.45) is 0 Å². The molecule has 74 valence electrons. The molecule has 0 unspecified atom stereocenters. The minimum Gasteiger partial charge on any atom is -0.478 e. The molecule has 0 atom stereocenters. The minimum atomic E-state index is -1.28. The second-order valence-electron chi connectivity index (χ2n) is 2.46. The fraction of sp³-hybridized carbons (Fsp3) is 0.143. The van der Waals surface area contributed by atoms with Gasteiger partial charge in [-0.3, -0.25) is 9.78 Å². The van der Waals surface area contributed by atoms with Crippen molar-refractivity contribution >= 4 is 17.7 Å². The van der Waals surface area contributed by atoms with Gasteiger partial charge >= 0.3 is 11.7 Å². The Balaban J connectivity index is 3.22. The summed E-state index contributed by atoms with van der Waals surface area (Å²) in [4.78, 5) is 37.3. The second-order valence-corrected chi connectivity index (χ2v) is 2.46. The molecule has 0 saturated carbocycles. The van der Waals surface area contributed by atoms with E-state index >= 15 is 0 Å². The minimum absolute atomic E-state index is 0.162. The molecule has 1 heterocycles. The van der Waals surface area contributed by atoms with Crippen molar-refractivity contribution in [2.75, 3.05) is 5.32 Å².